The van der Waals surface area contributed by atoms with Crippen molar-refractivity contribution in [2.24, 2.45) is 0 Å². The van der Waals surface area contributed by atoms with E-state index in [9.17, 15) is 9.18 Å². The highest BCUT2D eigenvalue weighted by atomic mass is 19.1. The lowest BCUT2D eigenvalue weighted by atomic mass is 9.91. The number of halogens is 2. The van der Waals surface area contributed by atoms with Gasteiger partial charge in [-0.3, -0.25) is 9.47 Å². The number of nitrogens with zero attached hydrogens (tertiary/aromatic N) is 4. The van der Waals surface area contributed by atoms with Crippen molar-refractivity contribution in [1.29, 1.82) is 0 Å². The van der Waals surface area contributed by atoms with Crippen LogP contribution in [0.4, 0.5) is 8.78 Å². The first-order valence-electron chi connectivity index (χ1n) is 11.6. The summed E-state index contributed by atoms with van der Waals surface area (Å²) in [7, 11) is 0. The van der Waals surface area contributed by atoms with E-state index in [0.29, 0.717) is 17.8 Å². The monoisotopic (exact) mass is 454 g/mol. The van der Waals surface area contributed by atoms with Crippen LogP contribution in [-0.4, -0.2) is 68.5 Å². The summed E-state index contributed by atoms with van der Waals surface area (Å²) in [4.78, 5) is 14.5. The summed E-state index contributed by atoms with van der Waals surface area (Å²) in [5, 5.41) is 13.2. The number of ether oxygens (including phenoxy) is 1. The second-order valence-electron chi connectivity index (χ2n) is 8.87. The molecule has 0 amide bonds. The Morgan fingerprint density at radius 1 is 1.34 bits per heavy atom. The van der Waals surface area contributed by atoms with Gasteiger partial charge in [-0.05, 0) is 39.5 Å². The number of aliphatic hydroxyl groups is 1. The van der Waals surface area contributed by atoms with Crippen LogP contribution in [0.1, 0.15) is 51.8 Å². The van der Waals surface area contributed by atoms with Gasteiger partial charge in [-0.15, -0.1) is 0 Å². The summed E-state index contributed by atoms with van der Waals surface area (Å²) in [6, 6.07) is 0.274. The minimum atomic E-state index is -1.25. The molecular weight excluding hydrogens is 418 g/mol. The quantitative estimate of drug-likeness (QED) is 0.589. The van der Waals surface area contributed by atoms with Crippen LogP contribution < -0.4 is 5.69 Å². The molecule has 1 fully saturated rings. The van der Waals surface area contributed by atoms with Gasteiger partial charge in [0.1, 0.15) is 17.8 Å². The van der Waals surface area contributed by atoms with Gasteiger partial charge < -0.3 is 9.84 Å². The number of rotatable bonds is 10. The number of aliphatic hydroxyl groups excluding tert-OH is 1. The zero-order valence-corrected chi connectivity index (χ0v) is 19.3. The molecule has 7 nitrogen and oxygen atoms in total. The van der Waals surface area contributed by atoms with E-state index in [-0.39, 0.29) is 56.9 Å². The molecule has 32 heavy (non-hydrogen) atoms. The molecule has 0 spiro atoms. The van der Waals surface area contributed by atoms with Crippen LogP contribution in [0, 0.1) is 6.92 Å². The van der Waals surface area contributed by atoms with Crippen LogP contribution >= 0.6 is 0 Å². The Hall–Kier alpha value is -1.84. The van der Waals surface area contributed by atoms with Crippen LogP contribution in [0.25, 0.3) is 0 Å². The molecule has 0 saturated carbocycles. The van der Waals surface area contributed by atoms with Gasteiger partial charge in [-0.2, -0.15) is 5.10 Å². The number of hydrogen-bond donors (Lipinski definition) is 1. The third-order valence-electron chi connectivity index (χ3n) is 6.53. The third-order valence-corrected chi connectivity index (χ3v) is 6.53. The number of hydrogen-bond acceptors (Lipinski definition) is 5. The summed E-state index contributed by atoms with van der Waals surface area (Å²) in [6.45, 7) is 6.18. The van der Waals surface area contributed by atoms with Gasteiger partial charge in [0, 0.05) is 30.6 Å². The zero-order chi connectivity index (χ0) is 23.3. The topological polar surface area (TPSA) is 72.5 Å². The molecule has 0 radical (unpaired) electrons. The van der Waals surface area contributed by atoms with E-state index in [1.54, 1.807) is 6.92 Å². The van der Waals surface area contributed by atoms with Gasteiger partial charge in [0.05, 0.1) is 32.4 Å². The van der Waals surface area contributed by atoms with Crippen molar-refractivity contribution in [1.82, 2.24) is 19.2 Å². The molecule has 2 heterocycles. The van der Waals surface area contributed by atoms with Crippen LogP contribution in [0.15, 0.2) is 28.3 Å². The minimum absolute atomic E-state index is 0.0133. The molecule has 4 unspecified atom stereocenters. The first kappa shape index (κ1) is 24.8. The number of allylic oxidation sites excluding steroid dienone is 2. The molecule has 1 aliphatic carbocycles. The van der Waals surface area contributed by atoms with Gasteiger partial charge >= 0.3 is 5.69 Å². The van der Waals surface area contributed by atoms with Gasteiger partial charge in [0.15, 0.2) is 0 Å². The van der Waals surface area contributed by atoms with Crippen molar-refractivity contribution < 1.29 is 18.6 Å². The number of likely N-dealkylation sites (tertiary alicyclic amines) is 1. The molecule has 0 aromatic carbocycles. The first-order valence-corrected chi connectivity index (χ1v) is 11.6. The number of alkyl halides is 1. The number of aromatic nitrogens is 3. The molecule has 1 aliphatic heterocycles. The van der Waals surface area contributed by atoms with Crippen molar-refractivity contribution in [3.05, 3.63) is 39.9 Å². The number of piperidine rings is 1. The van der Waals surface area contributed by atoms with Crippen molar-refractivity contribution in [3.8, 4) is 0 Å². The lowest BCUT2D eigenvalue weighted by molar-refractivity contribution is -0.0397. The van der Waals surface area contributed by atoms with Crippen molar-refractivity contribution in [3.63, 3.8) is 0 Å². The van der Waals surface area contributed by atoms with Crippen LogP contribution in [0.3, 0.4) is 0 Å². The van der Waals surface area contributed by atoms with Gasteiger partial charge in [-0.1, -0.05) is 19.1 Å². The van der Waals surface area contributed by atoms with Crippen LogP contribution in [0.2, 0.25) is 0 Å². The predicted molar refractivity (Wildman–Crippen MR) is 119 cm³/mol. The highest BCUT2D eigenvalue weighted by molar-refractivity contribution is 5.26. The minimum Gasteiger partial charge on any atom is -0.395 e. The van der Waals surface area contributed by atoms with Crippen LogP contribution in [-0.2, 0) is 17.8 Å². The standard InChI is InChI=1S/C23H36F2N4O3/c1-4-20-12-21(32-15-18-7-5-6-8-22(18)25)11-16(2)28(20)13-19(24)14-29-23(31)27(9-10-30)17(3)26-29/h5,7,16,19-21,30H,4,6,8-15H2,1-3H3. The molecule has 1 aromatic rings. The Morgan fingerprint density at radius 2 is 2.12 bits per heavy atom. The molecule has 180 valence electrons. The fraction of sp³-hybridized carbons (Fsp3) is 0.739. The van der Waals surface area contributed by atoms with E-state index in [2.05, 4.69) is 23.8 Å². The highest BCUT2D eigenvalue weighted by Gasteiger charge is 2.34. The first-order chi connectivity index (χ1) is 15.3. The van der Waals surface area contributed by atoms with E-state index < -0.39 is 11.9 Å². The fourth-order valence-electron chi connectivity index (χ4n) is 4.80. The normalized spacial score (nSPS) is 25.5. The van der Waals surface area contributed by atoms with Gasteiger partial charge in [0.25, 0.3) is 0 Å². The van der Waals surface area contributed by atoms with Crippen molar-refractivity contribution in [2.75, 3.05) is 19.8 Å². The Bertz CT molecular complexity index is 879. The van der Waals surface area contributed by atoms with E-state index in [0.717, 1.165) is 30.4 Å². The summed E-state index contributed by atoms with van der Waals surface area (Å²) in [5.74, 6) is 0.380. The molecule has 9 heteroatoms. The molecule has 1 saturated heterocycles. The van der Waals surface area contributed by atoms with Crippen molar-refractivity contribution in [2.45, 2.75) is 90.3 Å². The molecule has 2 aliphatic rings. The summed E-state index contributed by atoms with van der Waals surface area (Å²) < 4.78 is 37.5. The molecular formula is C23H36F2N4O3. The summed E-state index contributed by atoms with van der Waals surface area (Å²) in [5.41, 5.74) is 0.231. The van der Waals surface area contributed by atoms with Gasteiger partial charge in [0.2, 0.25) is 0 Å². The van der Waals surface area contributed by atoms with Gasteiger partial charge in [-0.25, -0.2) is 18.3 Å². The fourth-order valence-corrected chi connectivity index (χ4v) is 4.80. The lowest BCUT2D eigenvalue weighted by Crippen LogP contribution is -2.52. The predicted octanol–water partition coefficient (Wildman–Crippen LogP) is 2.91. The average molecular weight is 455 g/mol. The summed E-state index contributed by atoms with van der Waals surface area (Å²) >= 11 is 0. The molecule has 1 aromatic heterocycles. The molecule has 1 N–H and O–H groups in total. The largest absolute Gasteiger partial charge is 0.395 e. The SMILES string of the molecule is CCC1CC(OCC2=C(F)CCC=C2)CC(C)N1CC(F)Cn1nc(C)n(CCO)c1=O. The average Bonchev–Trinajstić information content (AvgIpc) is 3.02. The Balaban J connectivity index is 1.57. The second kappa shape index (κ2) is 11.3. The molecule has 4 atom stereocenters. The Kier molecular flexibility index (Phi) is 8.79. The lowest BCUT2D eigenvalue weighted by Gasteiger charge is -2.44. The number of aryl methyl sites for hydroxylation is 1. The molecule has 3 rings (SSSR count). The maximum absolute atomic E-state index is 15.0. The van der Waals surface area contributed by atoms with Crippen molar-refractivity contribution >= 4 is 0 Å². The third kappa shape index (κ3) is 5.94. The Labute approximate surface area is 188 Å². The van der Waals surface area contributed by atoms with E-state index >= 15 is 4.39 Å². The summed E-state index contributed by atoms with van der Waals surface area (Å²) in [6.07, 6.45) is 6.13. The van der Waals surface area contributed by atoms with Crippen LogP contribution in [0.5, 0.6) is 0 Å². The Morgan fingerprint density at radius 3 is 2.81 bits per heavy atom. The maximum atomic E-state index is 15.0. The smallest absolute Gasteiger partial charge is 0.346 e. The molecule has 0 bridgehead atoms. The van der Waals surface area contributed by atoms with E-state index in [4.69, 9.17) is 9.84 Å². The maximum Gasteiger partial charge on any atom is 0.346 e. The van der Waals surface area contributed by atoms with E-state index in [1.807, 2.05) is 12.2 Å². The second-order valence-corrected chi connectivity index (χ2v) is 8.87. The highest BCUT2D eigenvalue weighted by Crippen LogP contribution is 2.29. The van der Waals surface area contributed by atoms with E-state index in [1.165, 1.54) is 4.57 Å². The zero-order valence-electron chi connectivity index (χ0n) is 19.3.